The Labute approximate surface area is 135 Å². The first-order valence-corrected chi connectivity index (χ1v) is 11.0. The average Bonchev–Trinajstić information content (AvgIpc) is 3.19. The molecule has 1 saturated carbocycles. The summed E-state index contributed by atoms with van der Waals surface area (Å²) >= 11 is 0. The third-order valence-corrected chi connectivity index (χ3v) is 9.05. The molecule has 0 amide bonds. The predicted molar refractivity (Wildman–Crippen MR) is 91.7 cm³/mol. The molecule has 3 nitrogen and oxygen atoms in total. The lowest BCUT2D eigenvalue weighted by Gasteiger charge is -2.37. The minimum absolute atomic E-state index is 0.166. The van der Waals surface area contributed by atoms with E-state index in [1.54, 1.807) is 0 Å². The maximum absolute atomic E-state index is 11.0. The first-order chi connectivity index (χ1) is 10.1. The first-order valence-electron chi connectivity index (χ1n) is 8.05. The number of carbonyl (C=O) groups is 1. The van der Waals surface area contributed by atoms with E-state index in [0.29, 0.717) is 12.5 Å². The van der Waals surface area contributed by atoms with Gasteiger partial charge >= 0.3 is 5.97 Å². The number of benzene rings is 1. The van der Waals surface area contributed by atoms with Gasteiger partial charge in [0.05, 0.1) is 0 Å². The van der Waals surface area contributed by atoms with Gasteiger partial charge in [-0.05, 0) is 54.1 Å². The van der Waals surface area contributed by atoms with Crippen molar-refractivity contribution in [2.24, 2.45) is 0 Å². The maximum atomic E-state index is 11.0. The third-order valence-electron chi connectivity index (χ3n) is 4.71. The van der Waals surface area contributed by atoms with Crippen LogP contribution in [0.15, 0.2) is 18.2 Å². The van der Waals surface area contributed by atoms with Crippen LogP contribution in [0.25, 0.3) is 0 Å². The lowest BCUT2D eigenvalue weighted by atomic mass is 10.1. The Balaban J connectivity index is 2.26. The lowest BCUT2D eigenvalue weighted by molar-refractivity contribution is -0.142. The fourth-order valence-corrected chi connectivity index (χ4v) is 3.13. The van der Waals surface area contributed by atoms with Crippen LogP contribution in [0.2, 0.25) is 18.1 Å². The molecular weight excluding hydrogens is 292 g/mol. The minimum Gasteiger partial charge on any atom is -0.543 e. The molecule has 0 aromatic heterocycles. The molecule has 0 atom stereocenters. The maximum Gasteiger partial charge on any atom is 0.302 e. The number of carbonyl (C=O) groups excluding carboxylic acids is 1. The van der Waals surface area contributed by atoms with Crippen LogP contribution in [0.4, 0.5) is 0 Å². The number of hydrogen-bond acceptors (Lipinski definition) is 3. The van der Waals surface area contributed by atoms with Crippen molar-refractivity contribution in [2.45, 2.75) is 71.2 Å². The van der Waals surface area contributed by atoms with Gasteiger partial charge in [-0.15, -0.1) is 0 Å². The van der Waals surface area contributed by atoms with Gasteiger partial charge < -0.3 is 9.16 Å². The highest BCUT2D eigenvalue weighted by molar-refractivity contribution is 6.74. The van der Waals surface area contributed by atoms with Gasteiger partial charge in [-0.2, -0.15) is 0 Å². The van der Waals surface area contributed by atoms with Crippen molar-refractivity contribution in [3.8, 4) is 5.75 Å². The van der Waals surface area contributed by atoms with Crippen molar-refractivity contribution >= 4 is 14.3 Å². The van der Waals surface area contributed by atoms with E-state index >= 15 is 0 Å². The Bertz CT molecular complexity index is 554. The summed E-state index contributed by atoms with van der Waals surface area (Å²) in [6, 6.07) is 6.27. The molecule has 0 bridgehead atoms. The summed E-state index contributed by atoms with van der Waals surface area (Å²) in [6.07, 6.45) is 2.49. The number of rotatable bonds is 5. The second-order valence-electron chi connectivity index (χ2n) is 7.79. The topological polar surface area (TPSA) is 35.5 Å². The molecule has 0 aliphatic heterocycles. The normalized spacial score (nSPS) is 15.5. The second-order valence-corrected chi connectivity index (χ2v) is 12.5. The van der Waals surface area contributed by atoms with Gasteiger partial charge in [-0.25, -0.2) is 0 Å². The monoisotopic (exact) mass is 320 g/mol. The quantitative estimate of drug-likeness (QED) is 0.565. The Morgan fingerprint density at radius 3 is 2.41 bits per heavy atom. The van der Waals surface area contributed by atoms with Crippen LogP contribution in [-0.2, 0) is 16.1 Å². The molecular formula is C18H28O3Si. The van der Waals surface area contributed by atoms with Crippen molar-refractivity contribution in [1.82, 2.24) is 0 Å². The van der Waals surface area contributed by atoms with Crippen molar-refractivity contribution < 1.29 is 14.0 Å². The van der Waals surface area contributed by atoms with Crippen LogP contribution in [0.3, 0.4) is 0 Å². The molecule has 1 fully saturated rings. The van der Waals surface area contributed by atoms with E-state index in [1.807, 2.05) is 0 Å². The predicted octanol–water partition coefficient (Wildman–Crippen LogP) is 5.01. The Hall–Kier alpha value is -1.29. The summed E-state index contributed by atoms with van der Waals surface area (Å²) in [5, 5.41) is 0.166. The van der Waals surface area contributed by atoms with Crippen molar-refractivity contribution in [3.63, 3.8) is 0 Å². The molecule has 0 N–H and O–H groups in total. The summed E-state index contributed by atoms with van der Waals surface area (Å²) in [6.45, 7) is 13.0. The zero-order valence-electron chi connectivity index (χ0n) is 14.7. The summed E-state index contributed by atoms with van der Waals surface area (Å²) < 4.78 is 11.7. The van der Waals surface area contributed by atoms with Crippen LogP contribution in [0, 0.1) is 0 Å². The van der Waals surface area contributed by atoms with Crippen LogP contribution in [0.1, 0.15) is 57.6 Å². The van der Waals surface area contributed by atoms with Crippen LogP contribution in [-0.4, -0.2) is 14.3 Å². The Morgan fingerprint density at radius 1 is 1.27 bits per heavy atom. The van der Waals surface area contributed by atoms with Crippen molar-refractivity contribution in [2.75, 3.05) is 0 Å². The highest BCUT2D eigenvalue weighted by Gasteiger charge is 2.40. The molecule has 22 heavy (non-hydrogen) atoms. The smallest absolute Gasteiger partial charge is 0.302 e. The lowest BCUT2D eigenvalue weighted by Crippen LogP contribution is -2.44. The van der Waals surface area contributed by atoms with Crippen molar-refractivity contribution in [3.05, 3.63) is 29.3 Å². The van der Waals surface area contributed by atoms with E-state index in [9.17, 15) is 4.79 Å². The molecule has 1 aliphatic rings. The van der Waals surface area contributed by atoms with Crippen LogP contribution < -0.4 is 4.43 Å². The average molecular weight is 321 g/mol. The van der Waals surface area contributed by atoms with E-state index in [2.05, 4.69) is 52.1 Å². The highest BCUT2D eigenvalue weighted by atomic mass is 28.4. The van der Waals surface area contributed by atoms with Gasteiger partial charge in [0, 0.05) is 6.92 Å². The molecule has 0 heterocycles. The molecule has 0 spiro atoms. The molecule has 1 aromatic carbocycles. The van der Waals surface area contributed by atoms with Gasteiger partial charge in [-0.1, -0.05) is 32.9 Å². The fraction of sp³-hybridized carbons (Fsp3) is 0.611. The fourth-order valence-electron chi connectivity index (χ4n) is 2.10. The van der Waals surface area contributed by atoms with Gasteiger partial charge in [0.1, 0.15) is 12.4 Å². The molecule has 2 rings (SSSR count). The Kier molecular flexibility index (Phi) is 4.71. The highest BCUT2D eigenvalue weighted by Crippen LogP contribution is 2.46. The molecule has 0 unspecified atom stereocenters. The first kappa shape index (κ1) is 17.1. The molecule has 0 saturated heterocycles. The molecule has 1 aliphatic carbocycles. The van der Waals surface area contributed by atoms with Gasteiger partial charge in [0.2, 0.25) is 8.32 Å². The molecule has 122 valence electrons. The van der Waals surface area contributed by atoms with Gasteiger partial charge in [0.25, 0.3) is 0 Å². The minimum atomic E-state index is -1.87. The van der Waals surface area contributed by atoms with E-state index < -0.39 is 8.32 Å². The van der Waals surface area contributed by atoms with E-state index in [0.717, 1.165) is 11.3 Å². The van der Waals surface area contributed by atoms with Crippen LogP contribution in [0.5, 0.6) is 5.75 Å². The van der Waals surface area contributed by atoms with Crippen molar-refractivity contribution in [1.29, 1.82) is 0 Å². The summed E-state index contributed by atoms with van der Waals surface area (Å²) in [5.41, 5.74) is 2.31. The largest absolute Gasteiger partial charge is 0.543 e. The van der Waals surface area contributed by atoms with Gasteiger partial charge in [0.15, 0.2) is 0 Å². The molecule has 0 radical (unpaired) electrons. The third kappa shape index (κ3) is 4.13. The summed E-state index contributed by atoms with van der Waals surface area (Å²) in [5.74, 6) is 1.39. The van der Waals surface area contributed by atoms with Crippen LogP contribution >= 0.6 is 0 Å². The van der Waals surface area contributed by atoms with E-state index in [1.165, 1.54) is 25.3 Å². The zero-order chi connectivity index (χ0) is 16.5. The van der Waals surface area contributed by atoms with E-state index in [4.69, 9.17) is 9.16 Å². The zero-order valence-corrected chi connectivity index (χ0v) is 15.7. The number of esters is 1. The summed E-state index contributed by atoms with van der Waals surface area (Å²) in [7, 11) is -1.87. The standard InChI is InChI=1S/C18H28O3Si/c1-13(19)20-12-14-7-10-16(15-8-9-15)17(11-14)21-22(5,6)18(2,3)4/h7,10-11,15H,8-9,12H2,1-6H3. The number of hydrogen-bond donors (Lipinski definition) is 0. The summed E-state index contributed by atoms with van der Waals surface area (Å²) in [4.78, 5) is 11.0. The Morgan fingerprint density at radius 2 is 1.91 bits per heavy atom. The molecule has 1 aromatic rings. The second kappa shape index (κ2) is 6.07. The van der Waals surface area contributed by atoms with Gasteiger partial charge in [-0.3, -0.25) is 4.79 Å². The number of ether oxygens (including phenoxy) is 1. The van der Waals surface area contributed by atoms with E-state index in [-0.39, 0.29) is 11.0 Å². The SMILES string of the molecule is CC(=O)OCc1ccc(C2CC2)c(O[Si](C)(C)C(C)(C)C)c1. The molecule has 4 heteroatoms.